The summed E-state index contributed by atoms with van der Waals surface area (Å²) in [6, 6.07) is 13.2. The number of carbonyl (C=O) groups is 2. The van der Waals surface area contributed by atoms with Crippen molar-refractivity contribution in [3.63, 3.8) is 0 Å². The van der Waals surface area contributed by atoms with E-state index in [9.17, 15) is 14.0 Å². The van der Waals surface area contributed by atoms with Gasteiger partial charge in [-0.25, -0.2) is 4.39 Å². The highest BCUT2D eigenvalue weighted by molar-refractivity contribution is 5.96. The van der Waals surface area contributed by atoms with E-state index < -0.39 is 0 Å². The molecule has 124 valence electrons. The fourth-order valence-corrected chi connectivity index (χ4v) is 2.46. The van der Waals surface area contributed by atoms with E-state index in [0.29, 0.717) is 16.8 Å². The molecule has 3 rings (SSSR count). The van der Waals surface area contributed by atoms with Crippen molar-refractivity contribution in [2.45, 2.75) is 19.4 Å². The van der Waals surface area contributed by atoms with E-state index in [0.717, 1.165) is 12.8 Å². The predicted octanol–water partition coefficient (Wildman–Crippen LogP) is 3.45. The highest BCUT2D eigenvalue weighted by Crippen LogP contribution is 2.30. The molecule has 24 heavy (non-hydrogen) atoms. The standard InChI is InChI=1S/C19H19FN2O2/c1-22(12-15-4-2-3-5-17(15)20)19(24)14-8-10-16(11-9-14)21-18(23)13-6-7-13/h2-5,8-11,13H,6-7,12H2,1H3,(H,21,23). The number of carbonyl (C=O) groups excluding carboxylic acids is 2. The van der Waals surface area contributed by atoms with Crippen molar-refractivity contribution in [1.82, 2.24) is 4.90 Å². The molecule has 0 bridgehead atoms. The van der Waals surface area contributed by atoms with Gasteiger partial charge in [-0.15, -0.1) is 0 Å². The second-order valence-electron chi connectivity index (χ2n) is 6.09. The van der Waals surface area contributed by atoms with Gasteiger partial charge in [0.25, 0.3) is 5.91 Å². The van der Waals surface area contributed by atoms with Crippen molar-refractivity contribution >= 4 is 17.5 Å². The molecular formula is C19H19FN2O2. The van der Waals surface area contributed by atoms with E-state index >= 15 is 0 Å². The molecule has 0 saturated heterocycles. The number of halogens is 1. The molecule has 0 atom stereocenters. The average Bonchev–Trinajstić information content (AvgIpc) is 3.42. The van der Waals surface area contributed by atoms with Gasteiger partial charge in [-0.1, -0.05) is 18.2 Å². The maximum atomic E-state index is 13.7. The largest absolute Gasteiger partial charge is 0.337 e. The van der Waals surface area contributed by atoms with Crippen molar-refractivity contribution in [1.29, 1.82) is 0 Å². The van der Waals surface area contributed by atoms with E-state index in [2.05, 4.69) is 5.32 Å². The van der Waals surface area contributed by atoms with Crippen LogP contribution in [0.1, 0.15) is 28.8 Å². The molecule has 0 aromatic heterocycles. The lowest BCUT2D eigenvalue weighted by molar-refractivity contribution is -0.117. The molecule has 0 spiro atoms. The van der Waals surface area contributed by atoms with Crippen LogP contribution in [0, 0.1) is 11.7 Å². The summed E-state index contributed by atoms with van der Waals surface area (Å²) in [7, 11) is 1.64. The number of nitrogens with zero attached hydrogens (tertiary/aromatic N) is 1. The summed E-state index contributed by atoms with van der Waals surface area (Å²) < 4.78 is 13.7. The smallest absolute Gasteiger partial charge is 0.253 e. The van der Waals surface area contributed by atoms with Gasteiger partial charge < -0.3 is 10.2 Å². The molecule has 0 heterocycles. The fraction of sp³-hybridized carbons (Fsp3) is 0.263. The molecule has 2 aromatic carbocycles. The lowest BCUT2D eigenvalue weighted by Gasteiger charge is -2.18. The molecule has 2 amide bonds. The van der Waals surface area contributed by atoms with Gasteiger partial charge in [0.1, 0.15) is 5.82 Å². The summed E-state index contributed by atoms with van der Waals surface area (Å²) >= 11 is 0. The molecule has 1 aliphatic carbocycles. The van der Waals surface area contributed by atoms with Crippen LogP contribution < -0.4 is 5.32 Å². The second kappa shape index (κ2) is 6.83. The van der Waals surface area contributed by atoms with E-state index in [1.807, 2.05) is 0 Å². The Kier molecular flexibility index (Phi) is 4.60. The van der Waals surface area contributed by atoms with Gasteiger partial charge in [-0.3, -0.25) is 9.59 Å². The zero-order valence-electron chi connectivity index (χ0n) is 13.5. The van der Waals surface area contributed by atoms with Gasteiger partial charge in [0.2, 0.25) is 5.91 Å². The van der Waals surface area contributed by atoms with E-state index in [1.54, 1.807) is 49.5 Å². The number of rotatable bonds is 5. The van der Waals surface area contributed by atoms with Crippen LogP contribution in [0.15, 0.2) is 48.5 Å². The Balaban J connectivity index is 1.63. The summed E-state index contributed by atoms with van der Waals surface area (Å²) in [6.07, 6.45) is 1.90. The van der Waals surface area contributed by atoms with Crippen LogP contribution in [0.5, 0.6) is 0 Å². The first-order valence-corrected chi connectivity index (χ1v) is 7.94. The zero-order valence-corrected chi connectivity index (χ0v) is 13.5. The lowest BCUT2D eigenvalue weighted by atomic mass is 10.1. The van der Waals surface area contributed by atoms with Gasteiger partial charge in [0.05, 0.1) is 0 Å². The molecule has 1 aliphatic rings. The highest BCUT2D eigenvalue weighted by Gasteiger charge is 2.29. The van der Waals surface area contributed by atoms with Crippen LogP contribution in [0.3, 0.4) is 0 Å². The Morgan fingerprint density at radius 2 is 1.79 bits per heavy atom. The minimum Gasteiger partial charge on any atom is -0.337 e. The third-order valence-corrected chi connectivity index (χ3v) is 4.06. The van der Waals surface area contributed by atoms with Gasteiger partial charge in [0.15, 0.2) is 0 Å². The summed E-state index contributed by atoms with van der Waals surface area (Å²) in [6.45, 7) is 0.200. The summed E-state index contributed by atoms with van der Waals surface area (Å²) in [5.74, 6) is -0.349. The van der Waals surface area contributed by atoms with E-state index in [4.69, 9.17) is 0 Å². The fourth-order valence-electron chi connectivity index (χ4n) is 2.46. The second-order valence-corrected chi connectivity index (χ2v) is 6.09. The molecule has 0 aliphatic heterocycles. The summed E-state index contributed by atoms with van der Waals surface area (Å²) in [5, 5.41) is 2.83. The predicted molar refractivity (Wildman–Crippen MR) is 90.0 cm³/mol. The first kappa shape index (κ1) is 16.2. The molecule has 0 radical (unpaired) electrons. The van der Waals surface area contributed by atoms with Crippen molar-refractivity contribution in [2.75, 3.05) is 12.4 Å². The Morgan fingerprint density at radius 1 is 1.12 bits per heavy atom. The number of benzene rings is 2. The molecule has 1 saturated carbocycles. The van der Waals surface area contributed by atoms with Crippen LogP contribution in [0.4, 0.5) is 10.1 Å². The lowest BCUT2D eigenvalue weighted by Crippen LogP contribution is -2.26. The number of hydrogen-bond acceptors (Lipinski definition) is 2. The molecule has 4 nitrogen and oxygen atoms in total. The summed E-state index contributed by atoms with van der Waals surface area (Å²) in [5.41, 5.74) is 1.65. The maximum Gasteiger partial charge on any atom is 0.253 e. The third kappa shape index (κ3) is 3.79. The molecular weight excluding hydrogens is 307 g/mol. The average molecular weight is 326 g/mol. The molecule has 1 fully saturated rings. The van der Waals surface area contributed by atoms with Crippen molar-refractivity contribution in [3.05, 3.63) is 65.5 Å². The minimum atomic E-state index is -0.324. The first-order chi connectivity index (χ1) is 11.5. The SMILES string of the molecule is CN(Cc1ccccc1F)C(=O)c1ccc(NC(=O)C2CC2)cc1. The van der Waals surface area contributed by atoms with Crippen LogP contribution in [-0.4, -0.2) is 23.8 Å². The van der Waals surface area contributed by atoms with E-state index in [-0.39, 0.29) is 30.1 Å². The van der Waals surface area contributed by atoms with Gasteiger partial charge in [0, 0.05) is 36.3 Å². The van der Waals surface area contributed by atoms with E-state index in [1.165, 1.54) is 11.0 Å². The van der Waals surface area contributed by atoms with Crippen LogP contribution in [0.25, 0.3) is 0 Å². The maximum absolute atomic E-state index is 13.7. The normalized spacial score (nSPS) is 13.4. The van der Waals surface area contributed by atoms with Crippen LogP contribution in [-0.2, 0) is 11.3 Å². The highest BCUT2D eigenvalue weighted by atomic mass is 19.1. The molecule has 2 aromatic rings. The van der Waals surface area contributed by atoms with Crippen molar-refractivity contribution in [3.8, 4) is 0 Å². The monoisotopic (exact) mass is 326 g/mol. The minimum absolute atomic E-state index is 0.0331. The first-order valence-electron chi connectivity index (χ1n) is 7.94. The molecule has 1 N–H and O–H groups in total. The van der Waals surface area contributed by atoms with Crippen molar-refractivity contribution < 1.29 is 14.0 Å². The quantitative estimate of drug-likeness (QED) is 0.915. The number of nitrogens with one attached hydrogen (secondary N) is 1. The topological polar surface area (TPSA) is 49.4 Å². The number of anilines is 1. The number of hydrogen-bond donors (Lipinski definition) is 1. The van der Waals surface area contributed by atoms with Crippen LogP contribution in [0.2, 0.25) is 0 Å². The van der Waals surface area contributed by atoms with Gasteiger partial charge >= 0.3 is 0 Å². The van der Waals surface area contributed by atoms with Crippen LogP contribution >= 0.6 is 0 Å². The summed E-state index contributed by atoms with van der Waals surface area (Å²) in [4.78, 5) is 25.6. The molecule has 5 heteroatoms. The Bertz CT molecular complexity index is 754. The number of amides is 2. The molecule has 0 unspecified atom stereocenters. The van der Waals surface area contributed by atoms with Gasteiger partial charge in [-0.05, 0) is 43.2 Å². The van der Waals surface area contributed by atoms with Crippen molar-refractivity contribution in [2.24, 2.45) is 5.92 Å². The Labute approximate surface area is 140 Å². The third-order valence-electron chi connectivity index (χ3n) is 4.06. The zero-order chi connectivity index (χ0) is 17.1. The Hall–Kier alpha value is -2.69. The van der Waals surface area contributed by atoms with Gasteiger partial charge in [-0.2, -0.15) is 0 Å². The Morgan fingerprint density at radius 3 is 2.42 bits per heavy atom.